The SMILES string of the molecule is N#Cc1ccccc1OCC(=O)Nc1ccc(-c2ccc(N3CCOCC3)nn2)cc1. The Kier molecular flexibility index (Phi) is 6.35. The highest BCUT2D eigenvalue weighted by molar-refractivity contribution is 5.92. The van der Waals surface area contributed by atoms with Crippen molar-refractivity contribution in [3.8, 4) is 23.1 Å². The van der Waals surface area contributed by atoms with Crippen LogP contribution in [0.3, 0.4) is 0 Å². The van der Waals surface area contributed by atoms with Crippen LogP contribution in [0.15, 0.2) is 60.7 Å². The van der Waals surface area contributed by atoms with Crippen molar-refractivity contribution in [3.63, 3.8) is 0 Å². The number of amides is 1. The minimum absolute atomic E-state index is 0.186. The monoisotopic (exact) mass is 415 g/mol. The molecule has 2 heterocycles. The van der Waals surface area contributed by atoms with Crippen LogP contribution in [0.5, 0.6) is 5.75 Å². The standard InChI is InChI=1S/C23H21N5O3/c24-15-18-3-1-2-4-21(18)31-16-23(29)25-19-7-5-17(6-8-19)20-9-10-22(27-26-20)28-11-13-30-14-12-28/h1-10H,11-14,16H2,(H,25,29). The Balaban J connectivity index is 1.33. The molecule has 1 aromatic heterocycles. The summed E-state index contributed by atoms with van der Waals surface area (Å²) in [6.07, 6.45) is 0. The number of nitrogens with one attached hydrogen (secondary N) is 1. The van der Waals surface area contributed by atoms with Crippen molar-refractivity contribution in [1.29, 1.82) is 5.26 Å². The molecule has 0 atom stereocenters. The molecule has 1 aliphatic heterocycles. The lowest BCUT2D eigenvalue weighted by Gasteiger charge is -2.27. The van der Waals surface area contributed by atoms with Gasteiger partial charge in [-0.2, -0.15) is 5.26 Å². The topological polar surface area (TPSA) is 100 Å². The molecular formula is C23H21N5O3. The normalized spacial score (nSPS) is 13.3. The summed E-state index contributed by atoms with van der Waals surface area (Å²) in [4.78, 5) is 14.3. The van der Waals surface area contributed by atoms with Gasteiger partial charge in [-0.05, 0) is 36.4 Å². The number of morpholine rings is 1. The van der Waals surface area contributed by atoms with Crippen LogP contribution in [0, 0.1) is 11.3 Å². The first-order valence-electron chi connectivity index (χ1n) is 9.91. The molecule has 0 saturated carbocycles. The van der Waals surface area contributed by atoms with Crippen LogP contribution in [0.25, 0.3) is 11.3 Å². The van der Waals surface area contributed by atoms with Crippen LogP contribution in [0.4, 0.5) is 11.5 Å². The first-order valence-corrected chi connectivity index (χ1v) is 9.91. The van der Waals surface area contributed by atoms with E-state index in [2.05, 4.69) is 20.4 Å². The molecule has 0 aliphatic carbocycles. The van der Waals surface area contributed by atoms with Gasteiger partial charge in [0.1, 0.15) is 11.8 Å². The molecule has 2 aromatic carbocycles. The summed E-state index contributed by atoms with van der Waals surface area (Å²) >= 11 is 0. The number of nitriles is 1. The molecule has 0 spiro atoms. The van der Waals surface area contributed by atoms with Crippen molar-refractivity contribution in [1.82, 2.24) is 10.2 Å². The summed E-state index contributed by atoms with van der Waals surface area (Å²) in [6, 6.07) is 20.1. The Labute approximate surface area is 180 Å². The Morgan fingerprint density at radius 2 is 1.84 bits per heavy atom. The van der Waals surface area contributed by atoms with E-state index in [1.807, 2.05) is 30.3 Å². The summed E-state index contributed by atoms with van der Waals surface area (Å²) in [7, 11) is 0. The Morgan fingerprint density at radius 3 is 2.55 bits per heavy atom. The van der Waals surface area contributed by atoms with Gasteiger partial charge in [-0.15, -0.1) is 10.2 Å². The lowest BCUT2D eigenvalue weighted by molar-refractivity contribution is -0.118. The van der Waals surface area contributed by atoms with E-state index in [4.69, 9.17) is 14.7 Å². The summed E-state index contributed by atoms with van der Waals surface area (Å²) in [5.74, 6) is 0.915. The van der Waals surface area contributed by atoms with E-state index in [0.717, 1.165) is 30.2 Å². The molecule has 1 fully saturated rings. The van der Waals surface area contributed by atoms with Crippen LogP contribution in [0.1, 0.15) is 5.56 Å². The first-order chi connectivity index (χ1) is 15.2. The van der Waals surface area contributed by atoms with Gasteiger partial charge < -0.3 is 19.7 Å². The van der Waals surface area contributed by atoms with Crippen LogP contribution in [-0.4, -0.2) is 49.0 Å². The third kappa shape index (κ3) is 5.15. The molecule has 3 aromatic rings. The fourth-order valence-corrected chi connectivity index (χ4v) is 3.19. The van der Waals surface area contributed by atoms with Gasteiger partial charge >= 0.3 is 0 Å². The summed E-state index contributed by atoms with van der Waals surface area (Å²) in [6.45, 7) is 2.84. The third-order valence-corrected chi connectivity index (χ3v) is 4.82. The van der Waals surface area contributed by atoms with E-state index < -0.39 is 0 Å². The molecule has 156 valence electrons. The quantitative estimate of drug-likeness (QED) is 0.661. The molecule has 1 amide bonds. The van der Waals surface area contributed by atoms with Gasteiger partial charge in [0.15, 0.2) is 12.4 Å². The van der Waals surface area contributed by atoms with Crippen molar-refractivity contribution in [2.24, 2.45) is 0 Å². The molecule has 1 N–H and O–H groups in total. The maximum atomic E-state index is 12.2. The number of nitrogens with zero attached hydrogens (tertiary/aromatic N) is 4. The summed E-state index contributed by atoms with van der Waals surface area (Å²) in [5.41, 5.74) is 2.69. The number of hydrogen-bond acceptors (Lipinski definition) is 7. The molecule has 0 radical (unpaired) electrons. The molecule has 1 saturated heterocycles. The van der Waals surface area contributed by atoms with Gasteiger partial charge in [-0.1, -0.05) is 24.3 Å². The largest absolute Gasteiger partial charge is 0.482 e. The van der Waals surface area contributed by atoms with E-state index >= 15 is 0 Å². The number of benzene rings is 2. The van der Waals surface area contributed by atoms with Crippen molar-refractivity contribution in [3.05, 3.63) is 66.2 Å². The third-order valence-electron chi connectivity index (χ3n) is 4.82. The molecule has 1 aliphatic rings. The maximum Gasteiger partial charge on any atom is 0.262 e. The fraction of sp³-hybridized carbons (Fsp3) is 0.217. The predicted octanol–water partition coefficient (Wildman–Crippen LogP) is 2.87. The van der Waals surface area contributed by atoms with Crippen LogP contribution < -0.4 is 15.0 Å². The second-order valence-corrected chi connectivity index (χ2v) is 6.90. The van der Waals surface area contributed by atoms with Crippen molar-refractivity contribution < 1.29 is 14.3 Å². The molecule has 4 rings (SSSR count). The number of ether oxygens (including phenoxy) is 2. The number of anilines is 2. The number of carbonyl (C=O) groups excluding carboxylic acids is 1. The van der Waals surface area contributed by atoms with E-state index in [9.17, 15) is 4.79 Å². The Morgan fingerprint density at radius 1 is 1.06 bits per heavy atom. The highest BCUT2D eigenvalue weighted by Crippen LogP contribution is 2.21. The van der Waals surface area contributed by atoms with Crippen molar-refractivity contribution in [2.75, 3.05) is 43.1 Å². The minimum atomic E-state index is -0.310. The molecule has 31 heavy (non-hydrogen) atoms. The van der Waals surface area contributed by atoms with Gasteiger partial charge in [-0.3, -0.25) is 4.79 Å². The zero-order valence-corrected chi connectivity index (χ0v) is 16.8. The highest BCUT2D eigenvalue weighted by atomic mass is 16.5. The summed E-state index contributed by atoms with van der Waals surface area (Å²) < 4.78 is 10.8. The smallest absolute Gasteiger partial charge is 0.262 e. The number of para-hydroxylation sites is 1. The zero-order chi connectivity index (χ0) is 21.5. The van der Waals surface area contributed by atoms with E-state index in [1.54, 1.807) is 36.4 Å². The predicted molar refractivity (Wildman–Crippen MR) is 116 cm³/mol. The highest BCUT2D eigenvalue weighted by Gasteiger charge is 2.13. The van der Waals surface area contributed by atoms with E-state index in [1.165, 1.54) is 0 Å². The number of hydrogen-bond donors (Lipinski definition) is 1. The molecule has 8 heteroatoms. The Hall–Kier alpha value is -3.96. The average molecular weight is 415 g/mol. The zero-order valence-electron chi connectivity index (χ0n) is 16.8. The van der Waals surface area contributed by atoms with Gasteiger partial charge in [0.25, 0.3) is 5.91 Å². The molecule has 0 unspecified atom stereocenters. The minimum Gasteiger partial charge on any atom is -0.482 e. The molecule has 0 bridgehead atoms. The van der Waals surface area contributed by atoms with Crippen LogP contribution in [-0.2, 0) is 9.53 Å². The van der Waals surface area contributed by atoms with Gasteiger partial charge in [0.05, 0.1) is 24.5 Å². The van der Waals surface area contributed by atoms with E-state index in [-0.39, 0.29) is 12.5 Å². The lowest BCUT2D eigenvalue weighted by atomic mass is 10.1. The van der Waals surface area contributed by atoms with Gasteiger partial charge in [-0.25, -0.2) is 0 Å². The van der Waals surface area contributed by atoms with E-state index in [0.29, 0.717) is 30.2 Å². The molecule has 8 nitrogen and oxygen atoms in total. The summed E-state index contributed by atoms with van der Waals surface area (Å²) in [5, 5.41) is 20.5. The number of carbonyl (C=O) groups is 1. The van der Waals surface area contributed by atoms with Crippen molar-refractivity contribution in [2.45, 2.75) is 0 Å². The van der Waals surface area contributed by atoms with Gasteiger partial charge in [0.2, 0.25) is 0 Å². The second kappa shape index (κ2) is 9.69. The average Bonchev–Trinajstić information content (AvgIpc) is 2.84. The van der Waals surface area contributed by atoms with Crippen LogP contribution >= 0.6 is 0 Å². The van der Waals surface area contributed by atoms with Gasteiger partial charge in [0, 0.05) is 24.3 Å². The fourth-order valence-electron chi connectivity index (χ4n) is 3.19. The van der Waals surface area contributed by atoms with Crippen LogP contribution in [0.2, 0.25) is 0 Å². The number of aromatic nitrogens is 2. The number of rotatable bonds is 6. The van der Waals surface area contributed by atoms with Crippen molar-refractivity contribution >= 4 is 17.4 Å². The first kappa shape index (κ1) is 20.3. The second-order valence-electron chi connectivity index (χ2n) is 6.90. The maximum absolute atomic E-state index is 12.2. The lowest BCUT2D eigenvalue weighted by Crippen LogP contribution is -2.36. The molecular weight excluding hydrogens is 394 g/mol. The Bertz CT molecular complexity index is 1070.